The van der Waals surface area contributed by atoms with Crippen molar-refractivity contribution in [3.05, 3.63) is 6.33 Å². The first-order valence-electron chi connectivity index (χ1n) is 4.79. The maximum Gasteiger partial charge on any atom is 0.227 e. The van der Waals surface area contributed by atoms with Gasteiger partial charge in [-0.15, -0.1) is 0 Å². The Kier molecular flexibility index (Phi) is 2.02. The smallest absolute Gasteiger partial charge is 0.227 e. The molecule has 0 spiro atoms. The lowest BCUT2D eigenvalue weighted by Gasteiger charge is -2.44. The topological polar surface area (TPSA) is 76.7 Å². The molecule has 0 bridgehead atoms. The highest BCUT2D eigenvalue weighted by Gasteiger charge is 2.38. The van der Waals surface area contributed by atoms with Crippen LogP contribution in [0.1, 0.15) is 26.7 Å². The van der Waals surface area contributed by atoms with E-state index in [1.165, 1.54) is 19.2 Å². The number of hydrogen-bond donors (Lipinski definition) is 2. The predicted molar refractivity (Wildman–Crippen MR) is 54.7 cm³/mol. The summed E-state index contributed by atoms with van der Waals surface area (Å²) in [4.78, 5) is 11.8. The molecule has 1 fully saturated rings. The van der Waals surface area contributed by atoms with Gasteiger partial charge >= 0.3 is 0 Å². The van der Waals surface area contributed by atoms with Crippen LogP contribution in [0.3, 0.4) is 0 Å². The van der Waals surface area contributed by atoms with Crippen molar-refractivity contribution in [3.63, 3.8) is 0 Å². The molecule has 2 rings (SSSR count). The molecule has 0 aromatic carbocycles. The quantitative estimate of drug-likeness (QED) is 0.734. The lowest BCUT2D eigenvalue weighted by molar-refractivity contribution is 0.159. The van der Waals surface area contributed by atoms with Crippen molar-refractivity contribution in [2.24, 2.45) is 5.41 Å². The third-order valence-corrected chi connectivity index (χ3v) is 2.91. The Hall–Kier alpha value is -1.39. The summed E-state index contributed by atoms with van der Waals surface area (Å²) < 4.78 is 0. The van der Waals surface area contributed by atoms with Gasteiger partial charge in [0.05, 0.1) is 0 Å². The number of hydrogen-bond acceptors (Lipinski definition) is 5. The Morgan fingerprint density at radius 1 is 1.50 bits per heavy atom. The summed E-state index contributed by atoms with van der Waals surface area (Å²) in [5, 5.41) is 3.27. The largest absolute Gasteiger partial charge is 0.368 e. The summed E-state index contributed by atoms with van der Waals surface area (Å²) >= 11 is 0. The van der Waals surface area contributed by atoms with Crippen molar-refractivity contribution in [1.82, 2.24) is 15.0 Å². The van der Waals surface area contributed by atoms with Gasteiger partial charge in [-0.05, 0) is 18.3 Å². The van der Waals surface area contributed by atoms with E-state index in [0.717, 1.165) is 0 Å². The van der Waals surface area contributed by atoms with Gasteiger partial charge in [0, 0.05) is 6.04 Å². The molecule has 1 aromatic heterocycles. The molecule has 0 aliphatic heterocycles. The lowest BCUT2D eigenvalue weighted by Crippen LogP contribution is -2.45. The molecule has 0 radical (unpaired) electrons. The maximum atomic E-state index is 5.46. The number of aromatic nitrogens is 3. The van der Waals surface area contributed by atoms with E-state index in [-0.39, 0.29) is 5.95 Å². The van der Waals surface area contributed by atoms with E-state index in [1.54, 1.807) is 0 Å². The second kappa shape index (κ2) is 3.08. The van der Waals surface area contributed by atoms with Gasteiger partial charge in [-0.2, -0.15) is 4.98 Å². The molecule has 1 aromatic rings. The molecule has 0 saturated heterocycles. The molecular weight excluding hydrogens is 178 g/mol. The van der Waals surface area contributed by atoms with Crippen LogP contribution in [-0.4, -0.2) is 21.0 Å². The molecule has 1 atom stereocenters. The van der Waals surface area contributed by atoms with Gasteiger partial charge in [0.15, 0.2) is 0 Å². The summed E-state index contributed by atoms with van der Waals surface area (Å²) in [5.74, 6) is 0.843. The number of anilines is 2. The van der Waals surface area contributed by atoms with Crippen molar-refractivity contribution in [2.75, 3.05) is 11.1 Å². The van der Waals surface area contributed by atoms with Crippen LogP contribution < -0.4 is 11.1 Å². The molecule has 1 saturated carbocycles. The van der Waals surface area contributed by atoms with E-state index >= 15 is 0 Å². The number of nitrogen functional groups attached to an aromatic ring is 1. The highest BCUT2D eigenvalue weighted by atomic mass is 15.2. The molecule has 5 heteroatoms. The van der Waals surface area contributed by atoms with E-state index in [2.05, 4.69) is 34.1 Å². The molecule has 0 amide bonds. The maximum absolute atomic E-state index is 5.46. The summed E-state index contributed by atoms with van der Waals surface area (Å²) in [5.41, 5.74) is 5.79. The normalized spacial score (nSPS) is 24.0. The summed E-state index contributed by atoms with van der Waals surface area (Å²) in [6.07, 6.45) is 3.83. The van der Waals surface area contributed by atoms with Crippen LogP contribution in [0.5, 0.6) is 0 Å². The number of nitrogens with zero attached hydrogens (tertiary/aromatic N) is 3. The molecule has 1 aliphatic carbocycles. The highest BCUT2D eigenvalue weighted by molar-refractivity contribution is 5.31. The van der Waals surface area contributed by atoms with Crippen LogP contribution in [0.25, 0.3) is 0 Å². The van der Waals surface area contributed by atoms with Crippen molar-refractivity contribution in [3.8, 4) is 0 Å². The summed E-state index contributed by atoms with van der Waals surface area (Å²) in [6, 6.07) is 0.448. The molecule has 76 valence electrons. The van der Waals surface area contributed by atoms with Gasteiger partial charge in [0.1, 0.15) is 6.33 Å². The van der Waals surface area contributed by atoms with Gasteiger partial charge in [0.25, 0.3) is 0 Å². The highest BCUT2D eigenvalue weighted by Crippen LogP contribution is 2.41. The van der Waals surface area contributed by atoms with Crippen molar-refractivity contribution in [1.29, 1.82) is 0 Å². The average Bonchev–Trinajstić information content (AvgIpc) is 2.13. The van der Waals surface area contributed by atoms with Gasteiger partial charge in [-0.3, -0.25) is 0 Å². The Morgan fingerprint density at radius 2 is 2.29 bits per heavy atom. The molecule has 1 unspecified atom stereocenters. The summed E-state index contributed by atoms with van der Waals surface area (Å²) in [6.45, 7) is 4.47. The zero-order valence-corrected chi connectivity index (χ0v) is 8.49. The first-order chi connectivity index (χ1) is 6.58. The minimum absolute atomic E-state index is 0.264. The average molecular weight is 193 g/mol. The predicted octanol–water partition coefficient (Wildman–Crippen LogP) is 1.05. The summed E-state index contributed by atoms with van der Waals surface area (Å²) in [7, 11) is 0. The Labute approximate surface area is 83.2 Å². The number of nitrogens with two attached hydrogens (primary N) is 1. The lowest BCUT2D eigenvalue weighted by atomic mass is 9.67. The fourth-order valence-electron chi connectivity index (χ4n) is 1.67. The zero-order valence-electron chi connectivity index (χ0n) is 8.49. The SMILES string of the molecule is CC1(C)CCC1Nc1ncnc(N)n1. The van der Waals surface area contributed by atoms with E-state index in [4.69, 9.17) is 5.73 Å². The van der Waals surface area contributed by atoms with E-state index in [1.807, 2.05) is 0 Å². The van der Waals surface area contributed by atoms with E-state index in [9.17, 15) is 0 Å². The van der Waals surface area contributed by atoms with Crippen molar-refractivity contribution >= 4 is 11.9 Å². The zero-order chi connectivity index (χ0) is 10.2. The molecular formula is C9H15N5. The van der Waals surface area contributed by atoms with Gasteiger partial charge in [0.2, 0.25) is 11.9 Å². The molecule has 3 N–H and O–H groups in total. The Balaban J connectivity index is 2.05. The second-order valence-corrected chi connectivity index (χ2v) is 4.39. The van der Waals surface area contributed by atoms with E-state index < -0.39 is 0 Å². The van der Waals surface area contributed by atoms with Crippen LogP contribution >= 0.6 is 0 Å². The Morgan fingerprint density at radius 3 is 2.79 bits per heavy atom. The molecule has 5 nitrogen and oxygen atoms in total. The van der Waals surface area contributed by atoms with Crippen LogP contribution in [0.4, 0.5) is 11.9 Å². The fourth-order valence-corrected chi connectivity index (χ4v) is 1.67. The Bertz CT molecular complexity index is 336. The fraction of sp³-hybridized carbons (Fsp3) is 0.667. The van der Waals surface area contributed by atoms with Gasteiger partial charge in [-0.1, -0.05) is 13.8 Å². The first kappa shape index (κ1) is 9.18. The van der Waals surface area contributed by atoms with Gasteiger partial charge in [-0.25, -0.2) is 9.97 Å². The van der Waals surface area contributed by atoms with Crippen molar-refractivity contribution in [2.45, 2.75) is 32.7 Å². The number of nitrogens with one attached hydrogen (secondary N) is 1. The standard InChI is InChI=1S/C9H15N5/c1-9(2)4-3-6(9)13-8-12-5-11-7(10)14-8/h5-6H,3-4H2,1-2H3,(H3,10,11,12,13,14). The number of rotatable bonds is 2. The van der Waals surface area contributed by atoms with Crippen molar-refractivity contribution < 1.29 is 0 Å². The third-order valence-electron chi connectivity index (χ3n) is 2.91. The van der Waals surface area contributed by atoms with Crippen LogP contribution in [0.2, 0.25) is 0 Å². The van der Waals surface area contributed by atoms with Gasteiger partial charge < -0.3 is 11.1 Å². The second-order valence-electron chi connectivity index (χ2n) is 4.39. The molecule has 1 aliphatic rings. The molecule has 1 heterocycles. The van der Waals surface area contributed by atoms with Crippen LogP contribution in [0, 0.1) is 5.41 Å². The van der Waals surface area contributed by atoms with Crippen LogP contribution in [-0.2, 0) is 0 Å². The minimum atomic E-state index is 0.264. The van der Waals surface area contributed by atoms with Crippen LogP contribution in [0.15, 0.2) is 6.33 Å². The first-order valence-corrected chi connectivity index (χ1v) is 4.79. The minimum Gasteiger partial charge on any atom is -0.368 e. The van der Waals surface area contributed by atoms with E-state index in [0.29, 0.717) is 17.4 Å². The monoisotopic (exact) mass is 193 g/mol. The molecule has 14 heavy (non-hydrogen) atoms. The third kappa shape index (κ3) is 1.62.